The highest BCUT2D eigenvalue weighted by molar-refractivity contribution is 5.80. The van der Waals surface area contributed by atoms with Gasteiger partial charge in [0, 0.05) is 26.1 Å². The minimum Gasteiger partial charge on any atom is -0.408 e. The monoisotopic (exact) mass is 241 g/mol. The van der Waals surface area contributed by atoms with Crippen molar-refractivity contribution in [3.8, 4) is 0 Å². The fourth-order valence-electron chi connectivity index (χ4n) is 1.27. The lowest BCUT2D eigenvalue weighted by Crippen LogP contribution is -2.38. The molecule has 0 fully saturated rings. The SMILES string of the molecule is CC(C)NC(=O)CN(C)c1nnc(CCN)o1. The number of rotatable bonds is 6. The van der Waals surface area contributed by atoms with Crippen LogP contribution >= 0.6 is 0 Å². The van der Waals surface area contributed by atoms with Crippen LogP contribution in [0.25, 0.3) is 0 Å². The summed E-state index contributed by atoms with van der Waals surface area (Å²) < 4.78 is 5.34. The van der Waals surface area contributed by atoms with E-state index in [1.807, 2.05) is 13.8 Å². The average molecular weight is 241 g/mol. The van der Waals surface area contributed by atoms with Crippen molar-refractivity contribution in [2.75, 3.05) is 25.0 Å². The summed E-state index contributed by atoms with van der Waals surface area (Å²) in [5.74, 6) is 0.402. The molecule has 0 spiro atoms. The molecule has 1 amide bonds. The van der Waals surface area contributed by atoms with Gasteiger partial charge in [-0.3, -0.25) is 4.79 Å². The van der Waals surface area contributed by atoms with E-state index in [0.29, 0.717) is 24.9 Å². The zero-order valence-corrected chi connectivity index (χ0v) is 10.4. The number of hydrogen-bond acceptors (Lipinski definition) is 6. The average Bonchev–Trinajstić information content (AvgIpc) is 2.65. The van der Waals surface area contributed by atoms with Crippen LogP contribution in [0, 0.1) is 0 Å². The highest BCUT2D eigenvalue weighted by atomic mass is 16.4. The topological polar surface area (TPSA) is 97.3 Å². The summed E-state index contributed by atoms with van der Waals surface area (Å²) in [6.07, 6.45) is 0.541. The summed E-state index contributed by atoms with van der Waals surface area (Å²) in [5, 5.41) is 10.5. The Kier molecular flexibility index (Phi) is 4.89. The van der Waals surface area contributed by atoms with Gasteiger partial charge in [-0.05, 0) is 13.8 Å². The number of likely N-dealkylation sites (N-methyl/N-ethyl adjacent to an activating group) is 1. The molecule has 7 heteroatoms. The Morgan fingerprint density at radius 2 is 2.24 bits per heavy atom. The van der Waals surface area contributed by atoms with E-state index in [1.165, 1.54) is 0 Å². The van der Waals surface area contributed by atoms with E-state index in [1.54, 1.807) is 11.9 Å². The molecule has 0 bridgehead atoms. The lowest BCUT2D eigenvalue weighted by molar-refractivity contribution is -0.120. The van der Waals surface area contributed by atoms with Crippen molar-refractivity contribution < 1.29 is 9.21 Å². The molecule has 17 heavy (non-hydrogen) atoms. The van der Waals surface area contributed by atoms with Gasteiger partial charge in [0.05, 0.1) is 0 Å². The highest BCUT2D eigenvalue weighted by Crippen LogP contribution is 2.09. The van der Waals surface area contributed by atoms with Gasteiger partial charge in [-0.2, -0.15) is 0 Å². The highest BCUT2D eigenvalue weighted by Gasteiger charge is 2.13. The summed E-state index contributed by atoms with van der Waals surface area (Å²) in [4.78, 5) is 13.1. The van der Waals surface area contributed by atoms with Crippen molar-refractivity contribution in [2.24, 2.45) is 5.73 Å². The normalized spacial score (nSPS) is 10.6. The first-order valence-corrected chi connectivity index (χ1v) is 5.56. The van der Waals surface area contributed by atoms with Gasteiger partial charge in [0.1, 0.15) is 6.54 Å². The molecule has 1 aromatic heterocycles. The molecular weight excluding hydrogens is 222 g/mol. The third-order valence-corrected chi connectivity index (χ3v) is 1.97. The molecule has 0 aliphatic rings. The third-order valence-electron chi connectivity index (χ3n) is 1.97. The molecule has 0 aliphatic carbocycles. The zero-order chi connectivity index (χ0) is 12.8. The first-order valence-electron chi connectivity index (χ1n) is 5.56. The van der Waals surface area contributed by atoms with E-state index in [-0.39, 0.29) is 18.5 Å². The van der Waals surface area contributed by atoms with Crippen molar-refractivity contribution in [3.05, 3.63) is 5.89 Å². The van der Waals surface area contributed by atoms with Crippen LogP contribution in [0.15, 0.2) is 4.42 Å². The Morgan fingerprint density at radius 1 is 1.53 bits per heavy atom. The van der Waals surface area contributed by atoms with E-state index in [9.17, 15) is 4.79 Å². The molecule has 0 aromatic carbocycles. The summed E-state index contributed by atoms with van der Waals surface area (Å²) in [6, 6.07) is 0.443. The third kappa shape index (κ3) is 4.39. The van der Waals surface area contributed by atoms with Gasteiger partial charge >= 0.3 is 6.01 Å². The minimum absolute atomic E-state index is 0.0823. The molecule has 0 radical (unpaired) electrons. The van der Waals surface area contributed by atoms with Gasteiger partial charge in [-0.25, -0.2) is 0 Å². The predicted octanol–water partition coefficient (Wildman–Crippen LogP) is -0.468. The van der Waals surface area contributed by atoms with Crippen molar-refractivity contribution in [3.63, 3.8) is 0 Å². The number of carbonyl (C=O) groups excluding carboxylic acids is 1. The first kappa shape index (κ1) is 13.4. The number of anilines is 1. The smallest absolute Gasteiger partial charge is 0.318 e. The van der Waals surface area contributed by atoms with Crippen molar-refractivity contribution in [1.82, 2.24) is 15.5 Å². The largest absolute Gasteiger partial charge is 0.408 e. The molecule has 0 saturated heterocycles. The number of aromatic nitrogens is 2. The molecule has 0 saturated carbocycles. The van der Waals surface area contributed by atoms with Crippen molar-refractivity contribution in [2.45, 2.75) is 26.3 Å². The number of amides is 1. The van der Waals surface area contributed by atoms with Crippen LogP contribution in [-0.4, -0.2) is 42.3 Å². The van der Waals surface area contributed by atoms with E-state index >= 15 is 0 Å². The molecule has 7 nitrogen and oxygen atoms in total. The van der Waals surface area contributed by atoms with Crippen molar-refractivity contribution >= 4 is 11.9 Å². The molecule has 1 rings (SSSR count). The minimum atomic E-state index is -0.0823. The Balaban J connectivity index is 2.51. The molecule has 3 N–H and O–H groups in total. The molecule has 0 atom stereocenters. The van der Waals surface area contributed by atoms with Gasteiger partial charge in [-0.1, -0.05) is 5.10 Å². The number of hydrogen-bond donors (Lipinski definition) is 2. The van der Waals surface area contributed by atoms with Gasteiger partial charge < -0.3 is 20.4 Å². The maximum Gasteiger partial charge on any atom is 0.318 e. The lowest BCUT2D eigenvalue weighted by atomic mass is 10.4. The standard InChI is InChI=1S/C10H19N5O2/c1-7(2)12-8(16)6-15(3)10-14-13-9(17-10)4-5-11/h7H,4-6,11H2,1-3H3,(H,12,16). The zero-order valence-electron chi connectivity index (χ0n) is 10.4. The summed E-state index contributed by atoms with van der Waals surface area (Å²) >= 11 is 0. The van der Waals surface area contributed by atoms with Crippen LogP contribution in [0.5, 0.6) is 0 Å². The van der Waals surface area contributed by atoms with Crippen LogP contribution in [-0.2, 0) is 11.2 Å². The Morgan fingerprint density at radius 3 is 2.82 bits per heavy atom. The summed E-state index contributed by atoms with van der Waals surface area (Å²) in [6.45, 7) is 4.45. The molecule has 96 valence electrons. The number of nitrogens with zero attached hydrogens (tertiary/aromatic N) is 3. The second kappa shape index (κ2) is 6.19. The molecule has 0 unspecified atom stereocenters. The molecule has 1 aromatic rings. The number of nitrogens with one attached hydrogen (secondary N) is 1. The van der Waals surface area contributed by atoms with Crippen LogP contribution in [0.4, 0.5) is 6.01 Å². The predicted molar refractivity (Wildman–Crippen MR) is 63.6 cm³/mol. The molecular formula is C10H19N5O2. The maximum absolute atomic E-state index is 11.5. The van der Waals surface area contributed by atoms with Gasteiger partial charge in [-0.15, -0.1) is 5.10 Å². The van der Waals surface area contributed by atoms with Crippen LogP contribution in [0.3, 0.4) is 0 Å². The van der Waals surface area contributed by atoms with Gasteiger partial charge in [0.25, 0.3) is 0 Å². The summed E-state index contributed by atoms with van der Waals surface area (Å²) in [7, 11) is 1.72. The Bertz CT molecular complexity index is 363. The van der Waals surface area contributed by atoms with E-state index in [0.717, 1.165) is 0 Å². The van der Waals surface area contributed by atoms with E-state index in [2.05, 4.69) is 15.5 Å². The molecule has 1 heterocycles. The van der Waals surface area contributed by atoms with Crippen LogP contribution < -0.4 is 16.0 Å². The molecule has 0 aliphatic heterocycles. The number of nitrogens with two attached hydrogens (primary N) is 1. The lowest BCUT2D eigenvalue weighted by Gasteiger charge is -2.14. The van der Waals surface area contributed by atoms with Crippen molar-refractivity contribution in [1.29, 1.82) is 0 Å². The fourth-order valence-corrected chi connectivity index (χ4v) is 1.27. The Hall–Kier alpha value is -1.63. The van der Waals surface area contributed by atoms with Gasteiger partial charge in [0.15, 0.2) is 0 Å². The quantitative estimate of drug-likeness (QED) is 0.699. The number of carbonyl (C=O) groups is 1. The maximum atomic E-state index is 11.5. The van der Waals surface area contributed by atoms with E-state index < -0.39 is 0 Å². The second-order valence-corrected chi connectivity index (χ2v) is 4.10. The summed E-state index contributed by atoms with van der Waals surface area (Å²) in [5.41, 5.74) is 5.38. The first-order chi connectivity index (χ1) is 8.02. The Labute approximate surface area is 100 Å². The van der Waals surface area contributed by atoms with Crippen LogP contribution in [0.1, 0.15) is 19.7 Å². The second-order valence-electron chi connectivity index (χ2n) is 4.10. The fraction of sp³-hybridized carbons (Fsp3) is 0.700. The van der Waals surface area contributed by atoms with E-state index in [4.69, 9.17) is 10.2 Å². The van der Waals surface area contributed by atoms with Crippen LogP contribution in [0.2, 0.25) is 0 Å². The van der Waals surface area contributed by atoms with Gasteiger partial charge in [0.2, 0.25) is 11.8 Å².